The van der Waals surface area contributed by atoms with E-state index < -0.39 is 0 Å². The number of hydrogen-bond acceptors (Lipinski definition) is 8. The minimum atomic E-state index is 0.548. The summed E-state index contributed by atoms with van der Waals surface area (Å²) in [7, 11) is 1.68. The number of aromatic nitrogens is 2. The Morgan fingerprint density at radius 2 is 1.79 bits per heavy atom. The van der Waals surface area contributed by atoms with E-state index in [4.69, 9.17) is 4.74 Å². The van der Waals surface area contributed by atoms with E-state index in [2.05, 4.69) is 37.6 Å². The van der Waals surface area contributed by atoms with E-state index in [0.29, 0.717) is 6.04 Å². The van der Waals surface area contributed by atoms with Crippen molar-refractivity contribution in [3.63, 3.8) is 0 Å². The minimum Gasteiger partial charge on any atom is -0.385 e. The number of ether oxygens (including phenoxy) is 2. The van der Waals surface area contributed by atoms with Crippen LogP contribution in [0.3, 0.4) is 0 Å². The van der Waals surface area contributed by atoms with Gasteiger partial charge >= 0.3 is 0 Å². The highest BCUT2D eigenvalue weighted by molar-refractivity contribution is 7.79. The van der Waals surface area contributed by atoms with Crippen LogP contribution in [0.15, 0.2) is 6.33 Å². The number of aryl methyl sites for hydroxylation is 2. The first kappa shape index (κ1) is 28.3. The lowest BCUT2D eigenvalue weighted by atomic mass is 9.90. The van der Waals surface area contributed by atoms with E-state index in [1.54, 1.807) is 19.7 Å². The van der Waals surface area contributed by atoms with Crippen molar-refractivity contribution in [3.8, 4) is 0 Å². The van der Waals surface area contributed by atoms with Gasteiger partial charge in [0, 0.05) is 43.8 Å². The first-order valence-electron chi connectivity index (χ1n) is 12.6. The molecule has 8 heteroatoms. The Hall–Kier alpha value is -0.930. The molecule has 2 fully saturated rings. The van der Waals surface area contributed by atoms with Gasteiger partial charge in [0.25, 0.3) is 0 Å². The number of rotatable bonds is 4. The number of hydrogen-bond donors (Lipinski definition) is 2. The molecular formula is C25H44N4O2S2. The molecule has 1 saturated heterocycles. The Balaban J connectivity index is 0.000000430. The molecule has 0 bridgehead atoms. The third kappa shape index (κ3) is 7.79. The number of methoxy groups -OCH3 is 1. The van der Waals surface area contributed by atoms with Crippen LogP contribution in [0.25, 0.3) is 10.2 Å². The summed E-state index contributed by atoms with van der Waals surface area (Å²) in [6, 6.07) is 1.30. The maximum absolute atomic E-state index is 5.49. The van der Waals surface area contributed by atoms with E-state index in [1.165, 1.54) is 65.6 Å². The Morgan fingerprint density at radius 1 is 1.12 bits per heavy atom. The van der Waals surface area contributed by atoms with Crippen molar-refractivity contribution >= 4 is 40.0 Å². The van der Waals surface area contributed by atoms with Gasteiger partial charge in [-0.1, -0.05) is 13.8 Å². The van der Waals surface area contributed by atoms with Crippen LogP contribution in [0.5, 0.6) is 0 Å². The third-order valence-corrected chi connectivity index (χ3v) is 7.59. The molecule has 3 aliphatic rings. The molecule has 1 aliphatic heterocycles. The normalized spacial score (nSPS) is 22.1. The molecule has 0 unspecified atom stereocenters. The molecule has 3 heterocycles. The van der Waals surface area contributed by atoms with Crippen LogP contribution in [0, 0.1) is 0 Å². The van der Waals surface area contributed by atoms with Gasteiger partial charge in [-0.05, 0) is 63.7 Å². The molecule has 0 amide bonds. The standard InChI is InChI=1S/C19H26N4OS.C3H8O.C2H6.CH4S/c1-2-15-16(3-1)25-19-17(15)18(20-12-21-19)22-13-4-6-14(7-5-13)23-8-10-24-11-9-23;1-3-4-2;2*1-2/h12-14H,1-11H2,(H,20,21,22);3H2,1-2H3;1-2H3;2H,1H3. The van der Waals surface area contributed by atoms with Crippen molar-refractivity contribution in [3.05, 3.63) is 16.8 Å². The number of nitrogens with zero attached hydrogens (tertiary/aromatic N) is 3. The molecule has 2 aromatic rings. The fourth-order valence-electron chi connectivity index (χ4n) is 4.76. The molecule has 1 saturated carbocycles. The number of thiol groups is 1. The smallest absolute Gasteiger partial charge is 0.138 e. The van der Waals surface area contributed by atoms with Crippen molar-refractivity contribution in [2.75, 3.05) is 51.6 Å². The van der Waals surface area contributed by atoms with Gasteiger partial charge in [-0.3, -0.25) is 4.90 Å². The number of anilines is 1. The highest BCUT2D eigenvalue weighted by Crippen LogP contribution is 2.39. The number of fused-ring (bicyclic) bond motifs is 3. The van der Waals surface area contributed by atoms with E-state index >= 15 is 0 Å². The van der Waals surface area contributed by atoms with Gasteiger partial charge < -0.3 is 14.8 Å². The summed E-state index contributed by atoms with van der Waals surface area (Å²) in [6.07, 6.45) is 12.2. The van der Waals surface area contributed by atoms with Crippen LogP contribution in [-0.4, -0.2) is 73.2 Å². The summed E-state index contributed by atoms with van der Waals surface area (Å²) >= 11 is 5.40. The summed E-state index contributed by atoms with van der Waals surface area (Å²) in [5.41, 5.74) is 1.52. The molecule has 0 atom stereocenters. The van der Waals surface area contributed by atoms with Crippen molar-refractivity contribution in [1.29, 1.82) is 0 Å². The molecule has 0 spiro atoms. The Kier molecular flexibility index (Phi) is 13.6. The van der Waals surface area contributed by atoms with Gasteiger partial charge in [-0.15, -0.1) is 11.3 Å². The number of nitrogens with one attached hydrogen (secondary N) is 1. The molecule has 188 valence electrons. The summed E-state index contributed by atoms with van der Waals surface area (Å²) < 4.78 is 10.0. The van der Waals surface area contributed by atoms with E-state index in [0.717, 1.165) is 44.8 Å². The zero-order valence-electron chi connectivity index (χ0n) is 21.2. The van der Waals surface area contributed by atoms with E-state index in [1.807, 2.05) is 32.1 Å². The second-order valence-electron chi connectivity index (χ2n) is 8.14. The second kappa shape index (κ2) is 15.9. The fourth-order valence-corrected chi connectivity index (χ4v) is 5.99. The van der Waals surface area contributed by atoms with Crippen molar-refractivity contribution in [1.82, 2.24) is 14.9 Å². The zero-order valence-corrected chi connectivity index (χ0v) is 22.9. The molecule has 6 nitrogen and oxygen atoms in total. The van der Waals surface area contributed by atoms with Crippen LogP contribution in [-0.2, 0) is 22.3 Å². The average molecular weight is 497 g/mol. The van der Waals surface area contributed by atoms with E-state index in [9.17, 15) is 0 Å². The predicted molar refractivity (Wildman–Crippen MR) is 145 cm³/mol. The van der Waals surface area contributed by atoms with Crippen LogP contribution < -0.4 is 5.32 Å². The number of morpholine rings is 1. The molecule has 2 aromatic heterocycles. The predicted octanol–water partition coefficient (Wildman–Crippen LogP) is 5.46. The second-order valence-corrected chi connectivity index (χ2v) is 9.22. The summed E-state index contributed by atoms with van der Waals surface area (Å²) in [4.78, 5) is 14.5. The Morgan fingerprint density at radius 3 is 2.42 bits per heavy atom. The number of thiophene rings is 1. The summed E-state index contributed by atoms with van der Waals surface area (Å²) in [6.45, 7) is 10.8. The zero-order chi connectivity index (χ0) is 24.1. The van der Waals surface area contributed by atoms with Crippen molar-refractivity contribution < 1.29 is 9.47 Å². The topological polar surface area (TPSA) is 59.5 Å². The molecule has 0 aromatic carbocycles. The van der Waals surface area contributed by atoms with Gasteiger partial charge in [0.05, 0.1) is 18.6 Å². The third-order valence-electron chi connectivity index (χ3n) is 6.39. The Labute approximate surface area is 210 Å². The maximum atomic E-state index is 5.49. The van der Waals surface area contributed by atoms with Crippen LogP contribution in [0.4, 0.5) is 5.82 Å². The molecule has 5 rings (SSSR count). The van der Waals surface area contributed by atoms with Gasteiger partial charge in [0.2, 0.25) is 0 Å². The van der Waals surface area contributed by atoms with Crippen LogP contribution >= 0.6 is 24.0 Å². The lowest BCUT2D eigenvalue weighted by molar-refractivity contribution is 0.00791. The molecule has 2 aliphatic carbocycles. The van der Waals surface area contributed by atoms with Crippen LogP contribution in [0.2, 0.25) is 0 Å². The van der Waals surface area contributed by atoms with Gasteiger partial charge in [-0.25, -0.2) is 9.97 Å². The monoisotopic (exact) mass is 496 g/mol. The summed E-state index contributed by atoms with van der Waals surface area (Å²) in [5, 5.41) is 5.09. The van der Waals surface area contributed by atoms with Crippen LogP contribution in [0.1, 0.15) is 63.3 Å². The van der Waals surface area contributed by atoms with Crippen molar-refractivity contribution in [2.24, 2.45) is 0 Å². The largest absolute Gasteiger partial charge is 0.385 e. The van der Waals surface area contributed by atoms with Gasteiger partial charge in [-0.2, -0.15) is 12.6 Å². The first-order valence-corrected chi connectivity index (χ1v) is 14.3. The van der Waals surface area contributed by atoms with Gasteiger partial charge in [0.15, 0.2) is 0 Å². The lowest BCUT2D eigenvalue weighted by Gasteiger charge is -2.39. The molecule has 1 N–H and O–H groups in total. The maximum Gasteiger partial charge on any atom is 0.138 e. The first-order chi connectivity index (χ1) is 16.3. The van der Waals surface area contributed by atoms with Crippen molar-refractivity contribution in [2.45, 2.75) is 77.8 Å². The SMILES string of the molecule is CC.CCOC.CS.c1nc(NC2CCC(N3CCOCC3)CC2)c2c3c(sc2n1)CCC3. The molecule has 33 heavy (non-hydrogen) atoms. The minimum absolute atomic E-state index is 0.548. The summed E-state index contributed by atoms with van der Waals surface area (Å²) in [5.74, 6) is 1.08. The lowest BCUT2D eigenvalue weighted by Crippen LogP contribution is -2.46. The Bertz CT molecular complexity index is 786. The highest BCUT2D eigenvalue weighted by Gasteiger charge is 2.28. The fraction of sp³-hybridized carbons (Fsp3) is 0.760. The van der Waals surface area contributed by atoms with Gasteiger partial charge in [0.1, 0.15) is 17.0 Å². The molecular weight excluding hydrogens is 452 g/mol. The highest BCUT2D eigenvalue weighted by atomic mass is 32.1. The quantitative estimate of drug-likeness (QED) is 0.548. The average Bonchev–Trinajstić information content (AvgIpc) is 3.49. The molecule has 0 radical (unpaired) electrons. The van der Waals surface area contributed by atoms with E-state index in [-0.39, 0.29) is 0 Å².